The Balaban J connectivity index is 3.13. The first-order valence-corrected chi connectivity index (χ1v) is 6.75. The van der Waals surface area contributed by atoms with E-state index in [-0.39, 0.29) is 5.69 Å². The number of anilines is 1. The SMILES string of the molecule is CC(C)(C)S(=O)Nc1cc(F)cc(C(F)(F)C(F)F)c1. The molecule has 0 heterocycles. The Morgan fingerprint density at radius 2 is 1.70 bits per heavy atom. The molecule has 0 bridgehead atoms. The van der Waals surface area contributed by atoms with Crippen LogP contribution in [0.1, 0.15) is 26.3 Å². The number of alkyl halides is 4. The molecule has 0 aliphatic carbocycles. The maximum Gasteiger partial charge on any atom is 0.332 e. The second-order valence-electron chi connectivity index (χ2n) is 5.14. The predicted molar refractivity (Wildman–Crippen MR) is 67.8 cm³/mol. The third-order valence-electron chi connectivity index (χ3n) is 2.32. The van der Waals surface area contributed by atoms with Gasteiger partial charge in [0.25, 0.3) is 0 Å². The van der Waals surface area contributed by atoms with Crippen molar-refractivity contribution in [1.82, 2.24) is 0 Å². The maximum absolute atomic E-state index is 13.3. The van der Waals surface area contributed by atoms with Crippen LogP contribution in [0.25, 0.3) is 0 Å². The lowest BCUT2D eigenvalue weighted by atomic mass is 10.1. The molecule has 1 rings (SSSR count). The molecule has 0 aliphatic heterocycles. The van der Waals surface area contributed by atoms with Crippen molar-refractivity contribution in [2.24, 2.45) is 0 Å². The van der Waals surface area contributed by atoms with E-state index < -0.39 is 39.5 Å². The molecule has 1 atom stereocenters. The minimum absolute atomic E-state index is 0.242. The fraction of sp³-hybridized carbons (Fsp3) is 0.500. The van der Waals surface area contributed by atoms with Crippen LogP contribution in [0, 0.1) is 5.82 Å². The van der Waals surface area contributed by atoms with Gasteiger partial charge < -0.3 is 4.72 Å². The highest BCUT2D eigenvalue weighted by Gasteiger charge is 2.43. The van der Waals surface area contributed by atoms with Gasteiger partial charge in [0, 0.05) is 11.3 Å². The highest BCUT2D eigenvalue weighted by molar-refractivity contribution is 7.87. The molecule has 1 aromatic rings. The summed E-state index contributed by atoms with van der Waals surface area (Å²) in [5.41, 5.74) is -1.41. The van der Waals surface area contributed by atoms with Gasteiger partial charge >= 0.3 is 12.3 Å². The summed E-state index contributed by atoms with van der Waals surface area (Å²) in [6.07, 6.45) is -3.95. The van der Waals surface area contributed by atoms with Crippen molar-refractivity contribution in [2.45, 2.75) is 37.9 Å². The van der Waals surface area contributed by atoms with E-state index in [0.717, 1.165) is 6.07 Å². The maximum atomic E-state index is 13.3. The van der Waals surface area contributed by atoms with Gasteiger partial charge in [-0.25, -0.2) is 17.4 Å². The summed E-state index contributed by atoms with van der Waals surface area (Å²) in [5, 5.41) is 0. The van der Waals surface area contributed by atoms with E-state index >= 15 is 0 Å². The normalized spacial score (nSPS) is 14.4. The summed E-state index contributed by atoms with van der Waals surface area (Å²) < 4.78 is 77.5. The van der Waals surface area contributed by atoms with Crippen LogP contribution in [-0.2, 0) is 16.9 Å². The molecule has 0 aliphatic rings. The van der Waals surface area contributed by atoms with Crippen LogP contribution in [0.2, 0.25) is 0 Å². The molecule has 20 heavy (non-hydrogen) atoms. The molecule has 2 nitrogen and oxygen atoms in total. The minimum Gasteiger partial charge on any atom is -0.305 e. The lowest BCUT2D eigenvalue weighted by Gasteiger charge is -2.20. The standard InChI is InChI=1S/C12H14F5NOS/c1-11(2,3)20(19)18-9-5-7(4-8(13)6-9)12(16,17)10(14)15/h4-6,10,18H,1-3H3. The molecule has 1 aromatic carbocycles. The van der Waals surface area contributed by atoms with E-state index in [0.29, 0.717) is 12.1 Å². The van der Waals surface area contributed by atoms with Gasteiger partial charge in [-0.2, -0.15) is 8.78 Å². The fourth-order valence-electron chi connectivity index (χ4n) is 1.23. The third-order valence-corrected chi connectivity index (χ3v) is 3.86. The second-order valence-corrected chi connectivity index (χ2v) is 7.10. The van der Waals surface area contributed by atoms with Gasteiger partial charge in [-0.3, -0.25) is 0 Å². The van der Waals surface area contributed by atoms with E-state index in [1.807, 2.05) is 0 Å². The van der Waals surface area contributed by atoms with E-state index in [1.54, 1.807) is 20.8 Å². The molecular formula is C12H14F5NOS. The molecule has 8 heteroatoms. The molecule has 114 valence electrons. The minimum atomic E-state index is -4.47. The first-order valence-electron chi connectivity index (χ1n) is 5.60. The van der Waals surface area contributed by atoms with Crippen molar-refractivity contribution >= 4 is 16.7 Å². The van der Waals surface area contributed by atoms with Gasteiger partial charge in [-0.05, 0) is 39.0 Å². The summed E-state index contributed by atoms with van der Waals surface area (Å²) in [6, 6.07) is 1.81. The zero-order chi connectivity index (χ0) is 15.7. The Morgan fingerprint density at radius 3 is 2.15 bits per heavy atom. The number of halogens is 5. The fourth-order valence-corrected chi connectivity index (χ4v) is 1.87. The Labute approximate surface area is 116 Å². The summed E-state index contributed by atoms with van der Waals surface area (Å²) in [7, 11) is -1.69. The summed E-state index contributed by atoms with van der Waals surface area (Å²) in [4.78, 5) is 0. The number of rotatable bonds is 4. The molecule has 1 unspecified atom stereocenters. The molecule has 1 N–H and O–H groups in total. The van der Waals surface area contributed by atoms with Crippen LogP contribution in [0.4, 0.5) is 27.6 Å². The summed E-state index contributed by atoms with van der Waals surface area (Å²) in [6.45, 7) is 4.85. The number of nitrogens with one attached hydrogen (secondary N) is 1. The van der Waals surface area contributed by atoms with Crippen LogP contribution in [0.15, 0.2) is 18.2 Å². The van der Waals surface area contributed by atoms with Gasteiger partial charge in [0.05, 0.1) is 4.75 Å². The molecule has 0 fully saturated rings. The van der Waals surface area contributed by atoms with Crippen molar-refractivity contribution in [3.63, 3.8) is 0 Å². The molecule has 0 spiro atoms. The third kappa shape index (κ3) is 3.91. The Hall–Kier alpha value is -1.18. The highest BCUT2D eigenvalue weighted by Crippen LogP contribution is 2.36. The topological polar surface area (TPSA) is 29.1 Å². The van der Waals surface area contributed by atoms with Gasteiger partial charge in [0.2, 0.25) is 0 Å². The van der Waals surface area contributed by atoms with E-state index in [2.05, 4.69) is 4.72 Å². The average molecular weight is 315 g/mol. The van der Waals surface area contributed by atoms with Crippen LogP contribution >= 0.6 is 0 Å². The van der Waals surface area contributed by atoms with Crippen LogP contribution < -0.4 is 4.72 Å². The zero-order valence-electron chi connectivity index (χ0n) is 11.0. The smallest absolute Gasteiger partial charge is 0.305 e. The predicted octanol–water partition coefficient (Wildman–Crippen LogP) is 4.06. The van der Waals surface area contributed by atoms with Crippen molar-refractivity contribution in [1.29, 1.82) is 0 Å². The van der Waals surface area contributed by atoms with Crippen LogP contribution in [-0.4, -0.2) is 15.4 Å². The van der Waals surface area contributed by atoms with Crippen molar-refractivity contribution in [3.8, 4) is 0 Å². The Morgan fingerprint density at radius 1 is 1.15 bits per heavy atom. The molecule has 0 saturated carbocycles. The quantitative estimate of drug-likeness (QED) is 0.834. The second kappa shape index (κ2) is 5.67. The molecule has 0 amide bonds. The first kappa shape index (κ1) is 16.9. The first-order chi connectivity index (χ1) is 8.94. The Bertz CT molecular complexity index is 513. The monoisotopic (exact) mass is 315 g/mol. The summed E-state index contributed by atoms with van der Waals surface area (Å²) >= 11 is 0. The van der Waals surface area contributed by atoms with Gasteiger partial charge in [-0.15, -0.1) is 0 Å². The van der Waals surface area contributed by atoms with E-state index in [1.165, 1.54) is 0 Å². The van der Waals surface area contributed by atoms with Crippen molar-refractivity contribution in [2.75, 3.05) is 4.72 Å². The van der Waals surface area contributed by atoms with E-state index in [4.69, 9.17) is 0 Å². The zero-order valence-corrected chi connectivity index (χ0v) is 11.8. The van der Waals surface area contributed by atoms with Gasteiger partial charge in [0.1, 0.15) is 16.8 Å². The largest absolute Gasteiger partial charge is 0.332 e. The Kier molecular flexibility index (Phi) is 4.78. The van der Waals surface area contributed by atoms with Crippen LogP contribution in [0.5, 0.6) is 0 Å². The molecular weight excluding hydrogens is 301 g/mol. The molecule has 0 radical (unpaired) electrons. The molecule has 0 aromatic heterocycles. The highest BCUT2D eigenvalue weighted by atomic mass is 32.2. The summed E-state index contributed by atoms with van der Waals surface area (Å²) in [5.74, 6) is -5.59. The average Bonchev–Trinajstić information content (AvgIpc) is 2.26. The lowest BCUT2D eigenvalue weighted by Crippen LogP contribution is -2.28. The van der Waals surface area contributed by atoms with Gasteiger partial charge in [-0.1, -0.05) is 0 Å². The number of hydrogen-bond donors (Lipinski definition) is 1. The lowest BCUT2D eigenvalue weighted by molar-refractivity contribution is -0.135. The number of hydrogen-bond acceptors (Lipinski definition) is 1. The van der Waals surface area contributed by atoms with E-state index in [9.17, 15) is 26.2 Å². The van der Waals surface area contributed by atoms with Crippen molar-refractivity contribution < 1.29 is 26.2 Å². The molecule has 0 saturated heterocycles. The van der Waals surface area contributed by atoms with Crippen LogP contribution in [0.3, 0.4) is 0 Å². The van der Waals surface area contributed by atoms with Crippen molar-refractivity contribution in [3.05, 3.63) is 29.6 Å². The number of benzene rings is 1. The van der Waals surface area contributed by atoms with Gasteiger partial charge in [0.15, 0.2) is 0 Å².